The molecule has 3 N–H and O–H groups in total. The Balaban J connectivity index is 1.90. The molecule has 0 radical (unpaired) electrons. The van der Waals surface area contributed by atoms with Gasteiger partial charge in [0.1, 0.15) is 0 Å². The Hall–Kier alpha value is -1.00. The summed E-state index contributed by atoms with van der Waals surface area (Å²) in [6.07, 6.45) is 1.04. The molecule has 2 rings (SSSR count). The number of anilines is 2. The molecular weight excluding hydrogens is 284 g/mol. The number of hydrogen-bond acceptors (Lipinski definition) is 3. The molecule has 1 heterocycles. The van der Waals surface area contributed by atoms with Crippen LogP contribution in [0.3, 0.4) is 0 Å². The Morgan fingerprint density at radius 2 is 2.19 bits per heavy atom. The van der Waals surface area contributed by atoms with Crippen LogP contribution in [0.2, 0.25) is 0 Å². The van der Waals surface area contributed by atoms with E-state index in [0.29, 0.717) is 0 Å². The van der Waals surface area contributed by atoms with Gasteiger partial charge in [0.15, 0.2) is 0 Å². The van der Waals surface area contributed by atoms with Crippen molar-refractivity contribution in [1.82, 2.24) is 0 Å². The molecule has 0 aliphatic heterocycles. The van der Waals surface area contributed by atoms with Crippen LogP contribution in [0, 0.1) is 0 Å². The average molecular weight is 297 g/mol. The van der Waals surface area contributed by atoms with E-state index in [0.717, 1.165) is 28.8 Å². The molecule has 16 heavy (non-hydrogen) atoms. The van der Waals surface area contributed by atoms with Crippen molar-refractivity contribution in [2.24, 2.45) is 0 Å². The Labute approximate surface area is 108 Å². The highest BCUT2D eigenvalue weighted by atomic mass is 79.9. The molecule has 4 heteroatoms. The van der Waals surface area contributed by atoms with E-state index in [2.05, 4.69) is 38.1 Å². The molecule has 0 bridgehead atoms. The number of benzene rings is 1. The fourth-order valence-corrected chi connectivity index (χ4v) is 2.69. The average Bonchev–Trinajstić information content (AvgIpc) is 2.74. The van der Waals surface area contributed by atoms with Crippen molar-refractivity contribution in [2.45, 2.75) is 6.42 Å². The predicted octanol–water partition coefficient (Wildman–Crippen LogP) is 3.75. The lowest BCUT2D eigenvalue weighted by Crippen LogP contribution is -2.04. The Kier molecular flexibility index (Phi) is 3.85. The van der Waals surface area contributed by atoms with Gasteiger partial charge in [0.05, 0.1) is 0 Å². The van der Waals surface area contributed by atoms with Gasteiger partial charge >= 0.3 is 0 Å². The molecule has 2 aromatic rings. The number of halogens is 1. The van der Waals surface area contributed by atoms with Gasteiger partial charge in [-0.25, -0.2) is 0 Å². The third-order valence-electron chi connectivity index (χ3n) is 2.30. The van der Waals surface area contributed by atoms with E-state index in [4.69, 9.17) is 5.73 Å². The molecule has 0 fully saturated rings. The standard InChI is InChI=1S/C12H13BrN2S/c13-11-7-10(14)1-2-12(11)15-5-3-9-4-6-16-8-9/h1-2,4,6-8,15H,3,5,14H2. The van der Waals surface area contributed by atoms with Gasteiger partial charge in [-0.15, -0.1) is 0 Å². The first kappa shape index (κ1) is 11.5. The highest BCUT2D eigenvalue weighted by molar-refractivity contribution is 9.10. The third kappa shape index (κ3) is 3.00. The predicted molar refractivity (Wildman–Crippen MR) is 75.1 cm³/mol. The molecule has 0 spiro atoms. The minimum absolute atomic E-state index is 0.773. The van der Waals surface area contributed by atoms with Crippen molar-refractivity contribution in [3.8, 4) is 0 Å². The molecule has 0 atom stereocenters. The van der Waals surface area contributed by atoms with Crippen LogP contribution in [-0.2, 0) is 6.42 Å². The summed E-state index contributed by atoms with van der Waals surface area (Å²) in [6.45, 7) is 0.930. The van der Waals surface area contributed by atoms with E-state index in [1.807, 2.05) is 18.2 Å². The van der Waals surface area contributed by atoms with Gasteiger partial charge in [-0.3, -0.25) is 0 Å². The lowest BCUT2D eigenvalue weighted by Gasteiger charge is -2.08. The molecular formula is C12H13BrN2S. The number of thiophene rings is 1. The maximum Gasteiger partial charge on any atom is 0.0486 e. The minimum Gasteiger partial charge on any atom is -0.399 e. The highest BCUT2D eigenvalue weighted by Crippen LogP contribution is 2.24. The van der Waals surface area contributed by atoms with Crippen molar-refractivity contribution >= 4 is 38.6 Å². The van der Waals surface area contributed by atoms with Crippen LogP contribution in [0.25, 0.3) is 0 Å². The summed E-state index contributed by atoms with van der Waals surface area (Å²) in [6, 6.07) is 7.96. The maximum atomic E-state index is 5.68. The van der Waals surface area contributed by atoms with Gasteiger partial charge in [0, 0.05) is 22.4 Å². The minimum atomic E-state index is 0.773. The van der Waals surface area contributed by atoms with Crippen LogP contribution in [0.1, 0.15) is 5.56 Å². The first-order chi connectivity index (χ1) is 7.75. The topological polar surface area (TPSA) is 38.0 Å². The number of nitrogens with two attached hydrogens (primary N) is 1. The van der Waals surface area contributed by atoms with Crippen LogP contribution in [0.4, 0.5) is 11.4 Å². The first-order valence-electron chi connectivity index (χ1n) is 5.05. The summed E-state index contributed by atoms with van der Waals surface area (Å²) in [5, 5.41) is 7.67. The van der Waals surface area contributed by atoms with Crippen LogP contribution >= 0.6 is 27.3 Å². The summed E-state index contributed by atoms with van der Waals surface area (Å²) in [7, 11) is 0. The molecule has 0 amide bonds. The molecule has 1 aromatic heterocycles. The zero-order chi connectivity index (χ0) is 11.4. The first-order valence-corrected chi connectivity index (χ1v) is 6.79. The van der Waals surface area contributed by atoms with Gasteiger partial charge in [0.25, 0.3) is 0 Å². The van der Waals surface area contributed by atoms with Crippen LogP contribution in [0.5, 0.6) is 0 Å². The largest absolute Gasteiger partial charge is 0.399 e. The SMILES string of the molecule is Nc1ccc(NCCc2ccsc2)c(Br)c1. The van der Waals surface area contributed by atoms with Crippen molar-refractivity contribution in [3.63, 3.8) is 0 Å². The van der Waals surface area contributed by atoms with Crippen LogP contribution < -0.4 is 11.1 Å². The number of nitrogen functional groups attached to an aromatic ring is 1. The molecule has 84 valence electrons. The summed E-state index contributed by atoms with van der Waals surface area (Å²) in [5.74, 6) is 0. The lowest BCUT2D eigenvalue weighted by atomic mass is 10.2. The monoisotopic (exact) mass is 296 g/mol. The van der Waals surface area contributed by atoms with Crippen molar-refractivity contribution in [1.29, 1.82) is 0 Å². The Morgan fingerprint density at radius 1 is 1.31 bits per heavy atom. The number of rotatable bonds is 4. The summed E-state index contributed by atoms with van der Waals surface area (Å²) in [5.41, 5.74) is 8.92. The maximum absolute atomic E-state index is 5.68. The van der Waals surface area contributed by atoms with Gasteiger partial charge in [-0.2, -0.15) is 11.3 Å². The third-order valence-corrected chi connectivity index (χ3v) is 3.69. The molecule has 0 unspecified atom stereocenters. The van der Waals surface area contributed by atoms with Gasteiger partial charge < -0.3 is 11.1 Å². The van der Waals surface area contributed by atoms with E-state index >= 15 is 0 Å². The summed E-state index contributed by atoms with van der Waals surface area (Å²) < 4.78 is 1.01. The van der Waals surface area contributed by atoms with Crippen molar-refractivity contribution in [3.05, 3.63) is 45.1 Å². The number of hydrogen-bond donors (Lipinski definition) is 2. The van der Waals surface area contributed by atoms with Crippen LogP contribution in [-0.4, -0.2) is 6.54 Å². The zero-order valence-electron chi connectivity index (χ0n) is 8.74. The molecule has 0 saturated heterocycles. The molecule has 0 aliphatic carbocycles. The fraction of sp³-hybridized carbons (Fsp3) is 0.167. The summed E-state index contributed by atoms with van der Waals surface area (Å²) >= 11 is 5.22. The van der Waals surface area contributed by atoms with Gasteiger partial charge in [-0.1, -0.05) is 0 Å². The highest BCUT2D eigenvalue weighted by Gasteiger charge is 1.99. The second-order valence-corrected chi connectivity index (χ2v) is 5.18. The zero-order valence-corrected chi connectivity index (χ0v) is 11.1. The Bertz CT molecular complexity index is 454. The van der Waals surface area contributed by atoms with E-state index in [1.165, 1.54) is 5.56 Å². The molecule has 2 nitrogen and oxygen atoms in total. The van der Waals surface area contributed by atoms with Gasteiger partial charge in [-0.05, 0) is 62.9 Å². The second-order valence-electron chi connectivity index (χ2n) is 3.55. The molecule has 1 aromatic carbocycles. The smallest absolute Gasteiger partial charge is 0.0486 e. The van der Waals surface area contributed by atoms with E-state index < -0.39 is 0 Å². The second kappa shape index (κ2) is 5.37. The Morgan fingerprint density at radius 3 is 2.88 bits per heavy atom. The fourth-order valence-electron chi connectivity index (χ4n) is 1.45. The van der Waals surface area contributed by atoms with Crippen molar-refractivity contribution in [2.75, 3.05) is 17.6 Å². The van der Waals surface area contributed by atoms with Crippen LogP contribution in [0.15, 0.2) is 39.5 Å². The quantitative estimate of drug-likeness (QED) is 0.844. The normalized spacial score (nSPS) is 10.3. The van der Waals surface area contributed by atoms with Crippen molar-refractivity contribution < 1.29 is 0 Å². The van der Waals surface area contributed by atoms with E-state index in [1.54, 1.807) is 11.3 Å². The van der Waals surface area contributed by atoms with E-state index in [9.17, 15) is 0 Å². The molecule has 0 saturated carbocycles. The van der Waals surface area contributed by atoms with Gasteiger partial charge in [0.2, 0.25) is 0 Å². The lowest BCUT2D eigenvalue weighted by molar-refractivity contribution is 1.03. The molecule has 0 aliphatic rings. The number of nitrogens with one attached hydrogen (secondary N) is 1. The van der Waals surface area contributed by atoms with E-state index in [-0.39, 0.29) is 0 Å². The summed E-state index contributed by atoms with van der Waals surface area (Å²) in [4.78, 5) is 0.